The Morgan fingerprint density at radius 2 is 1.69 bits per heavy atom. The van der Waals surface area contributed by atoms with Gasteiger partial charge in [0.25, 0.3) is 5.91 Å². The summed E-state index contributed by atoms with van der Waals surface area (Å²) in [5.74, 6) is -0.106. The minimum absolute atomic E-state index is 0. The van der Waals surface area contributed by atoms with E-state index >= 15 is 0 Å². The Hall–Kier alpha value is -1.19. The van der Waals surface area contributed by atoms with Gasteiger partial charge in [-0.1, -0.05) is 0 Å². The molecular weight excluding hydrogens is 378 g/mol. The topological polar surface area (TPSA) is 92.9 Å². The lowest BCUT2D eigenvalue weighted by molar-refractivity contribution is -0.0440. The van der Waals surface area contributed by atoms with Crippen LogP contribution in [0.5, 0.6) is 0 Å². The van der Waals surface area contributed by atoms with Crippen molar-refractivity contribution in [2.75, 3.05) is 26.2 Å². The highest BCUT2D eigenvalue weighted by atomic mass is 35.5. The second kappa shape index (κ2) is 8.22. The van der Waals surface area contributed by atoms with Gasteiger partial charge in [0, 0.05) is 37.8 Å². The maximum Gasteiger partial charge on any atom is 0.253 e. The van der Waals surface area contributed by atoms with Crippen molar-refractivity contribution in [1.82, 2.24) is 9.21 Å². The van der Waals surface area contributed by atoms with Gasteiger partial charge in [-0.05, 0) is 44.5 Å². The lowest BCUT2D eigenvalue weighted by Gasteiger charge is -2.34. The van der Waals surface area contributed by atoms with Gasteiger partial charge in [0.1, 0.15) is 0 Å². The first kappa shape index (κ1) is 21.1. The van der Waals surface area contributed by atoms with Gasteiger partial charge in [0.2, 0.25) is 10.0 Å². The number of amides is 1. The fourth-order valence-corrected chi connectivity index (χ4v) is 4.99. The van der Waals surface area contributed by atoms with Gasteiger partial charge >= 0.3 is 0 Å². The number of carbonyl (C=O) groups is 1. The summed E-state index contributed by atoms with van der Waals surface area (Å²) < 4.78 is 32.7. The molecule has 2 fully saturated rings. The molecule has 0 aliphatic carbocycles. The van der Waals surface area contributed by atoms with Gasteiger partial charge in [-0.25, -0.2) is 8.42 Å². The number of rotatable bonds is 3. The van der Waals surface area contributed by atoms with Crippen LogP contribution in [0, 0.1) is 0 Å². The van der Waals surface area contributed by atoms with Crippen molar-refractivity contribution in [3.8, 4) is 0 Å². The molecule has 2 aliphatic rings. The van der Waals surface area contributed by atoms with Gasteiger partial charge in [0.15, 0.2) is 0 Å². The monoisotopic (exact) mass is 403 g/mol. The Morgan fingerprint density at radius 1 is 1.12 bits per heavy atom. The Balaban J connectivity index is 0.00000243. The average molecular weight is 404 g/mol. The van der Waals surface area contributed by atoms with Crippen LogP contribution in [0.1, 0.15) is 30.6 Å². The number of morpholine rings is 1. The van der Waals surface area contributed by atoms with E-state index < -0.39 is 10.0 Å². The second-order valence-corrected chi connectivity index (χ2v) is 8.84. The molecule has 26 heavy (non-hydrogen) atoms. The molecule has 1 aromatic rings. The molecule has 2 saturated heterocycles. The highest BCUT2D eigenvalue weighted by molar-refractivity contribution is 7.89. The van der Waals surface area contributed by atoms with Crippen LogP contribution in [0.3, 0.4) is 0 Å². The molecule has 146 valence electrons. The SMILES string of the molecule is CC1CN(S(=O)(=O)c2ccc(C(=O)N3CC[C@@H](N)C3)cc2)CC(C)O1.Cl. The van der Waals surface area contributed by atoms with E-state index in [1.165, 1.54) is 16.4 Å². The van der Waals surface area contributed by atoms with Gasteiger partial charge in [-0.15, -0.1) is 12.4 Å². The molecule has 0 aromatic heterocycles. The zero-order chi connectivity index (χ0) is 18.2. The summed E-state index contributed by atoms with van der Waals surface area (Å²) in [6.45, 7) is 5.57. The quantitative estimate of drug-likeness (QED) is 0.815. The molecule has 0 spiro atoms. The molecule has 2 N–H and O–H groups in total. The van der Waals surface area contributed by atoms with Crippen molar-refractivity contribution in [2.45, 2.75) is 43.4 Å². The largest absolute Gasteiger partial charge is 0.373 e. The molecule has 0 bridgehead atoms. The van der Waals surface area contributed by atoms with Gasteiger partial charge in [-0.3, -0.25) is 4.79 Å². The van der Waals surface area contributed by atoms with E-state index in [1.807, 2.05) is 13.8 Å². The molecule has 3 rings (SSSR count). The van der Waals surface area contributed by atoms with Crippen LogP contribution in [-0.4, -0.2) is 68.0 Å². The molecule has 0 saturated carbocycles. The summed E-state index contributed by atoms with van der Waals surface area (Å²) in [6.07, 6.45) is 0.517. The maximum atomic E-state index is 12.8. The summed E-state index contributed by atoms with van der Waals surface area (Å²) in [4.78, 5) is 14.3. The number of likely N-dealkylation sites (tertiary alicyclic amines) is 1. The van der Waals surface area contributed by atoms with Crippen molar-refractivity contribution < 1.29 is 17.9 Å². The lowest BCUT2D eigenvalue weighted by atomic mass is 10.2. The van der Waals surface area contributed by atoms with Gasteiger partial charge in [0.05, 0.1) is 17.1 Å². The molecule has 3 atom stereocenters. The van der Waals surface area contributed by atoms with Gasteiger partial charge in [-0.2, -0.15) is 4.31 Å². The molecule has 1 aromatic carbocycles. The predicted octanol–water partition coefficient (Wildman–Crippen LogP) is 1.08. The number of halogens is 1. The third kappa shape index (κ3) is 4.37. The van der Waals surface area contributed by atoms with E-state index in [0.717, 1.165) is 6.42 Å². The third-order valence-electron chi connectivity index (χ3n) is 4.64. The number of nitrogens with two attached hydrogens (primary N) is 1. The Bertz CT molecular complexity index is 731. The van der Waals surface area contributed by atoms with Crippen LogP contribution in [0.2, 0.25) is 0 Å². The standard InChI is InChI=1S/C17H25N3O4S.ClH/c1-12-9-20(10-13(2)24-12)25(22,23)16-5-3-14(4-6-16)17(21)19-8-7-15(18)11-19;/h3-6,12-13,15H,7-11,18H2,1-2H3;1H/t12?,13?,15-;/m1./s1. The average Bonchev–Trinajstić information content (AvgIpc) is 3.00. The molecule has 2 unspecified atom stereocenters. The molecule has 2 heterocycles. The zero-order valence-electron chi connectivity index (χ0n) is 15.0. The van der Waals surface area contributed by atoms with Crippen LogP contribution in [0.25, 0.3) is 0 Å². The first-order chi connectivity index (χ1) is 11.8. The Kier molecular flexibility index (Phi) is 6.68. The summed E-state index contributed by atoms with van der Waals surface area (Å²) >= 11 is 0. The van der Waals surface area contributed by atoms with Crippen LogP contribution in [0.4, 0.5) is 0 Å². The van der Waals surface area contributed by atoms with Crippen molar-refractivity contribution in [3.05, 3.63) is 29.8 Å². The van der Waals surface area contributed by atoms with E-state index in [1.54, 1.807) is 17.0 Å². The van der Waals surface area contributed by atoms with Crippen LogP contribution < -0.4 is 5.73 Å². The highest BCUT2D eigenvalue weighted by Crippen LogP contribution is 2.22. The fourth-order valence-electron chi connectivity index (χ4n) is 3.40. The number of ether oxygens (including phenoxy) is 1. The molecule has 1 amide bonds. The third-order valence-corrected chi connectivity index (χ3v) is 6.48. The lowest BCUT2D eigenvalue weighted by Crippen LogP contribution is -2.48. The summed E-state index contributed by atoms with van der Waals surface area (Å²) in [7, 11) is -3.59. The number of sulfonamides is 1. The zero-order valence-corrected chi connectivity index (χ0v) is 16.6. The minimum Gasteiger partial charge on any atom is -0.373 e. The Morgan fingerprint density at radius 3 is 2.19 bits per heavy atom. The van der Waals surface area contributed by atoms with Crippen LogP contribution >= 0.6 is 12.4 Å². The first-order valence-corrected chi connectivity index (χ1v) is 10.0. The molecule has 0 radical (unpaired) electrons. The summed E-state index contributed by atoms with van der Waals surface area (Å²) in [5, 5.41) is 0. The van der Waals surface area contributed by atoms with Crippen molar-refractivity contribution >= 4 is 28.3 Å². The van der Waals surface area contributed by atoms with E-state index in [-0.39, 0.29) is 41.5 Å². The molecule has 9 heteroatoms. The molecule has 2 aliphatic heterocycles. The normalized spacial score (nSPS) is 27.2. The van der Waals surface area contributed by atoms with E-state index in [4.69, 9.17) is 10.5 Å². The smallest absolute Gasteiger partial charge is 0.253 e. The highest BCUT2D eigenvalue weighted by Gasteiger charge is 2.32. The number of nitrogens with zero attached hydrogens (tertiary/aromatic N) is 2. The summed E-state index contributed by atoms with van der Waals surface area (Å²) in [5.41, 5.74) is 6.32. The number of carbonyl (C=O) groups excluding carboxylic acids is 1. The minimum atomic E-state index is -3.59. The van der Waals surface area contributed by atoms with E-state index in [2.05, 4.69) is 0 Å². The fraction of sp³-hybridized carbons (Fsp3) is 0.588. The maximum absolute atomic E-state index is 12.8. The van der Waals surface area contributed by atoms with Crippen LogP contribution in [-0.2, 0) is 14.8 Å². The second-order valence-electron chi connectivity index (χ2n) is 6.90. The number of hydrogen-bond acceptors (Lipinski definition) is 5. The predicted molar refractivity (Wildman–Crippen MR) is 101 cm³/mol. The number of hydrogen-bond donors (Lipinski definition) is 1. The Labute approximate surface area is 160 Å². The number of benzene rings is 1. The van der Waals surface area contributed by atoms with Crippen molar-refractivity contribution in [2.24, 2.45) is 5.73 Å². The van der Waals surface area contributed by atoms with E-state index in [9.17, 15) is 13.2 Å². The molecular formula is C17H26ClN3O4S. The van der Waals surface area contributed by atoms with Crippen LogP contribution in [0.15, 0.2) is 29.2 Å². The van der Waals surface area contributed by atoms with Crippen molar-refractivity contribution in [3.63, 3.8) is 0 Å². The summed E-state index contributed by atoms with van der Waals surface area (Å²) in [6, 6.07) is 6.18. The first-order valence-electron chi connectivity index (χ1n) is 8.58. The van der Waals surface area contributed by atoms with E-state index in [0.29, 0.717) is 31.7 Å². The van der Waals surface area contributed by atoms with Gasteiger partial charge < -0.3 is 15.4 Å². The molecule has 7 nitrogen and oxygen atoms in total. The van der Waals surface area contributed by atoms with Crippen molar-refractivity contribution in [1.29, 1.82) is 0 Å².